The van der Waals surface area contributed by atoms with E-state index in [1.807, 2.05) is 0 Å². The van der Waals surface area contributed by atoms with Crippen LogP contribution in [0, 0.1) is 0 Å². The Kier molecular flexibility index (Phi) is 4.01. The lowest BCUT2D eigenvalue weighted by molar-refractivity contribution is 0.289. The van der Waals surface area contributed by atoms with E-state index in [1.165, 1.54) is 36.8 Å². The van der Waals surface area contributed by atoms with Gasteiger partial charge in [-0.2, -0.15) is 0 Å². The zero-order valence-corrected chi connectivity index (χ0v) is 11.3. The molecule has 2 atom stereocenters. The number of nitrogens with two attached hydrogens (primary N) is 1. The van der Waals surface area contributed by atoms with E-state index in [0.29, 0.717) is 6.04 Å². The quantitative estimate of drug-likeness (QED) is 0.768. The first-order chi connectivity index (χ1) is 9.31. The van der Waals surface area contributed by atoms with Gasteiger partial charge < -0.3 is 10.5 Å². The molecular weight excluding hydrogens is 238 g/mol. The van der Waals surface area contributed by atoms with Gasteiger partial charge in [0.05, 0.1) is 12.8 Å². The average molecular weight is 261 g/mol. The number of nitrogens with one attached hydrogen (secondary N) is 2. The van der Waals surface area contributed by atoms with Crippen molar-refractivity contribution in [3.63, 3.8) is 0 Å². The van der Waals surface area contributed by atoms with Crippen molar-refractivity contribution >= 4 is 0 Å². The van der Waals surface area contributed by atoms with Gasteiger partial charge in [-0.25, -0.2) is 5.43 Å². The van der Waals surface area contributed by atoms with Crippen LogP contribution in [0.3, 0.4) is 0 Å². The molecule has 4 nitrogen and oxygen atoms in total. The zero-order valence-electron chi connectivity index (χ0n) is 11.3. The lowest BCUT2D eigenvalue weighted by Gasteiger charge is -2.17. The first kappa shape index (κ1) is 12.9. The van der Waals surface area contributed by atoms with Gasteiger partial charge in [0.1, 0.15) is 5.75 Å². The lowest BCUT2D eigenvalue weighted by atomic mass is 9.92. The molecule has 0 radical (unpaired) electrons. The highest BCUT2D eigenvalue weighted by molar-refractivity contribution is 5.37. The number of hydrazine groups is 1. The molecule has 0 saturated carbocycles. The van der Waals surface area contributed by atoms with Crippen molar-refractivity contribution in [2.24, 2.45) is 5.73 Å². The van der Waals surface area contributed by atoms with Crippen LogP contribution >= 0.6 is 0 Å². The first-order valence-corrected chi connectivity index (χ1v) is 7.32. The number of benzene rings is 1. The molecule has 19 heavy (non-hydrogen) atoms. The summed E-state index contributed by atoms with van der Waals surface area (Å²) in [6.07, 6.45) is 7.10. The summed E-state index contributed by atoms with van der Waals surface area (Å²) in [5, 5.41) is 0. The minimum absolute atomic E-state index is 0.0775. The van der Waals surface area contributed by atoms with Crippen LogP contribution in [-0.4, -0.2) is 18.8 Å². The van der Waals surface area contributed by atoms with Gasteiger partial charge in [-0.1, -0.05) is 6.07 Å². The molecule has 1 aromatic carbocycles. The number of hydrogen-bond donors (Lipinski definition) is 3. The second-order valence-corrected chi connectivity index (χ2v) is 5.60. The van der Waals surface area contributed by atoms with E-state index in [-0.39, 0.29) is 6.17 Å². The maximum Gasteiger partial charge on any atom is 0.119 e. The largest absolute Gasteiger partial charge is 0.494 e. The molecular formula is C15H23N3O. The van der Waals surface area contributed by atoms with Crippen LogP contribution in [0.25, 0.3) is 0 Å². The number of hydrogen-bond acceptors (Lipinski definition) is 4. The van der Waals surface area contributed by atoms with Gasteiger partial charge >= 0.3 is 0 Å². The van der Waals surface area contributed by atoms with Crippen LogP contribution < -0.4 is 21.3 Å². The fraction of sp³-hybridized carbons (Fsp3) is 0.600. The Morgan fingerprint density at radius 1 is 1.16 bits per heavy atom. The Hall–Kier alpha value is -1.10. The standard InChI is InChI=1S/C15H23N3O/c16-15-10-13(17-18-15)7-8-19-14-6-5-11-3-1-2-4-12(11)9-14/h5-6,9,13,15,17-18H,1-4,7-8,10,16H2. The lowest BCUT2D eigenvalue weighted by Crippen LogP contribution is -2.37. The fourth-order valence-electron chi connectivity index (χ4n) is 2.96. The van der Waals surface area contributed by atoms with Crippen LogP contribution in [0.4, 0.5) is 0 Å². The van der Waals surface area contributed by atoms with Crippen LogP contribution in [0.15, 0.2) is 18.2 Å². The van der Waals surface area contributed by atoms with Crippen LogP contribution in [0.1, 0.15) is 36.8 Å². The summed E-state index contributed by atoms with van der Waals surface area (Å²) >= 11 is 0. The Labute approximate surface area is 114 Å². The topological polar surface area (TPSA) is 59.3 Å². The number of ether oxygens (including phenoxy) is 1. The van der Waals surface area contributed by atoms with E-state index >= 15 is 0 Å². The van der Waals surface area contributed by atoms with Gasteiger partial charge in [0, 0.05) is 6.04 Å². The normalized spacial score (nSPS) is 26.2. The van der Waals surface area contributed by atoms with Crippen molar-refractivity contribution in [3.8, 4) is 5.75 Å². The number of rotatable bonds is 4. The van der Waals surface area contributed by atoms with Crippen molar-refractivity contribution < 1.29 is 4.74 Å². The van der Waals surface area contributed by atoms with Crippen molar-refractivity contribution in [2.45, 2.75) is 50.7 Å². The van der Waals surface area contributed by atoms with Gasteiger partial charge in [-0.3, -0.25) is 5.43 Å². The Morgan fingerprint density at radius 2 is 2.00 bits per heavy atom. The van der Waals surface area contributed by atoms with Crippen molar-refractivity contribution in [2.75, 3.05) is 6.61 Å². The van der Waals surface area contributed by atoms with E-state index in [2.05, 4.69) is 29.1 Å². The first-order valence-electron chi connectivity index (χ1n) is 7.32. The summed E-state index contributed by atoms with van der Waals surface area (Å²) in [5.74, 6) is 1.01. The van der Waals surface area contributed by atoms with E-state index in [9.17, 15) is 0 Å². The van der Waals surface area contributed by atoms with Crippen LogP contribution in [-0.2, 0) is 12.8 Å². The average Bonchev–Trinajstić information content (AvgIpc) is 2.84. The van der Waals surface area contributed by atoms with E-state index in [4.69, 9.17) is 10.5 Å². The van der Waals surface area contributed by atoms with Gasteiger partial charge in [-0.15, -0.1) is 0 Å². The third kappa shape index (κ3) is 3.26. The Morgan fingerprint density at radius 3 is 2.79 bits per heavy atom. The molecule has 0 spiro atoms. The maximum atomic E-state index is 5.86. The summed E-state index contributed by atoms with van der Waals surface area (Å²) in [5.41, 5.74) is 15.0. The maximum absolute atomic E-state index is 5.86. The third-order valence-electron chi connectivity index (χ3n) is 4.07. The predicted molar refractivity (Wildman–Crippen MR) is 75.8 cm³/mol. The zero-order chi connectivity index (χ0) is 13.1. The molecule has 1 aromatic rings. The molecule has 1 saturated heterocycles. The molecule has 0 amide bonds. The molecule has 1 aliphatic heterocycles. The summed E-state index contributed by atoms with van der Waals surface area (Å²) in [6.45, 7) is 0.741. The van der Waals surface area contributed by atoms with Crippen molar-refractivity contribution in [3.05, 3.63) is 29.3 Å². The van der Waals surface area contributed by atoms with Crippen LogP contribution in [0.5, 0.6) is 5.75 Å². The van der Waals surface area contributed by atoms with Crippen LogP contribution in [0.2, 0.25) is 0 Å². The van der Waals surface area contributed by atoms with Gasteiger partial charge in [0.2, 0.25) is 0 Å². The van der Waals surface area contributed by atoms with Crippen molar-refractivity contribution in [1.82, 2.24) is 10.9 Å². The minimum Gasteiger partial charge on any atom is -0.494 e. The molecule has 2 unspecified atom stereocenters. The molecule has 104 valence electrons. The van der Waals surface area contributed by atoms with E-state index in [1.54, 1.807) is 0 Å². The SMILES string of the molecule is NC1CC(CCOc2ccc3c(c2)CCCC3)NN1. The van der Waals surface area contributed by atoms with E-state index in [0.717, 1.165) is 25.2 Å². The predicted octanol–water partition coefficient (Wildman–Crippen LogP) is 1.49. The second kappa shape index (κ2) is 5.90. The van der Waals surface area contributed by atoms with E-state index < -0.39 is 0 Å². The highest BCUT2D eigenvalue weighted by atomic mass is 16.5. The van der Waals surface area contributed by atoms with Gasteiger partial charge in [0.15, 0.2) is 0 Å². The van der Waals surface area contributed by atoms with Gasteiger partial charge in [0.25, 0.3) is 0 Å². The second-order valence-electron chi connectivity index (χ2n) is 5.60. The minimum atomic E-state index is 0.0775. The fourth-order valence-corrected chi connectivity index (χ4v) is 2.96. The Balaban J connectivity index is 1.50. The molecule has 4 N–H and O–H groups in total. The van der Waals surface area contributed by atoms with Gasteiger partial charge in [-0.05, 0) is 61.8 Å². The molecule has 1 aliphatic carbocycles. The summed E-state index contributed by atoms with van der Waals surface area (Å²) in [7, 11) is 0. The van der Waals surface area contributed by atoms with Crippen molar-refractivity contribution in [1.29, 1.82) is 0 Å². The number of aryl methyl sites for hydroxylation is 2. The highest BCUT2D eigenvalue weighted by Crippen LogP contribution is 2.25. The molecule has 1 heterocycles. The molecule has 3 rings (SSSR count). The summed E-state index contributed by atoms with van der Waals surface area (Å²) in [6, 6.07) is 6.99. The molecule has 0 bridgehead atoms. The third-order valence-corrected chi connectivity index (χ3v) is 4.07. The molecule has 2 aliphatic rings. The Bertz CT molecular complexity index is 435. The monoisotopic (exact) mass is 261 g/mol. The summed E-state index contributed by atoms with van der Waals surface area (Å²) < 4.78 is 5.86. The molecule has 0 aromatic heterocycles. The smallest absolute Gasteiger partial charge is 0.119 e. The molecule has 4 heteroatoms. The highest BCUT2D eigenvalue weighted by Gasteiger charge is 2.20. The number of fused-ring (bicyclic) bond motifs is 1. The summed E-state index contributed by atoms with van der Waals surface area (Å²) in [4.78, 5) is 0. The molecule has 1 fully saturated rings.